The van der Waals surface area contributed by atoms with Crippen molar-refractivity contribution in [3.8, 4) is 0 Å². The van der Waals surface area contributed by atoms with E-state index in [0.717, 1.165) is 0 Å². The van der Waals surface area contributed by atoms with E-state index in [1.54, 1.807) is 6.20 Å². The number of alkyl halides is 3. The van der Waals surface area contributed by atoms with Crippen LogP contribution in [0.25, 0.3) is 0 Å². The molecule has 0 bridgehead atoms. The Hall–Kier alpha value is -0.650. The quantitative estimate of drug-likeness (QED) is 0.562. The van der Waals surface area contributed by atoms with Crippen LogP contribution in [-0.2, 0) is 6.18 Å². The molecule has 6 heteroatoms. The average molecular weight is 153 g/mol. The lowest BCUT2D eigenvalue weighted by Crippen LogP contribution is -2.04. The van der Waals surface area contributed by atoms with Gasteiger partial charge in [0.2, 0.25) is 0 Å². The molecule has 1 heterocycles. The van der Waals surface area contributed by atoms with Crippen molar-refractivity contribution >= 4 is 11.7 Å². The zero-order valence-electron chi connectivity index (χ0n) is 3.94. The Balaban J connectivity index is 2.90. The van der Waals surface area contributed by atoms with Crippen molar-refractivity contribution in [2.45, 2.75) is 6.18 Å². The third kappa shape index (κ3) is 1.38. The lowest BCUT2D eigenvalue weighted by molar-refractivity contribution is -0.140. The van der Waals surface area contributed by atoms with Crippen molar-refractivity contribution in [1.82, 2.24) is 8.75 Å². The van der Waals surface area contributed by atoms with Gasteiger partial charge in [-0.2, -0.15) is 21.9 Å². The third-order valence-corrected chi connectivity index (χ3v) is 1.03. The van der Waals surface area contributed by atoms with Crippen LogP contribution < -0.4 is 0 Å². The Morgan fingerprint density at radius 3 is 2.33 bits per heavy atom. The Morgan fingerprint density at radius 2 is 2.11 bits per heavy atom. The minimum atomic E-state index is -4.40. The molecule has 0 aliphatic heterocycles. The van der Waals surface area contributed by atoms with Crippen molar-refractivity contribution in [2.75, 3.05) is 0 Å². The first-order valence-corrected chi connectivity index (χ1v) is 2.61. The van der Waals surface area contributed by atoms with Crippen LogP contribution in [0.4, 0.5) is 13.2 Å². The molecule has 0 aromatic carbocycles. The number of hydrogen-bond acceptors (Lipinski definition) is 3. The number of halogens is 3. The Morgan fingerprint density at radius 1 is 1.44 bits per heavy atom. The van der Waals surface area contributed by atoms with E-state index >= 15 is 0 Å². The van der Waals surface area contributed by atoms with Gasteiger partial charge in [0.05, 0.1) is 11.7 Å². The maximum Gasteiger partial charge on any atom is 0.436 e. The lowest BCUT2D eigenvalue weighted by atomic mass is 10.5. The molecule has 0 N–H and O–H groups in total. The second kappa shape index (κ2) is 1.94. The van der Waals surface area contributed by atoms with Crippen molar-refractivity contribution < 1.29 is 13.2 Å². The highest BCUT2D eigenvalue weighted by Crippen LogP contribution is 2.26. The summed E-state index contributed by atoms with van der Waals surface area (Å²) in [4.78, 5) is 0. The number of nitrogens with zero attached hydrogens (tertiary/aromatic N) is 2. The molecule has 0 spiro atoms. The molecule has 9 heavy (non-hydrogen) atoms. The molecular weight excluding hydrogens is 153 g/mol. The Labute approximate surface area is 52.7 Å². The van der Waals surface area contributed by atoms with E-state index in [1.165, 1.54) is 0 Å². The largest absolute Gasteiger partial charge is 0.436 e. The fraction of sp³-hybridized carbons (Fsp3) is 0.333. The minimum Gasteiger partial charge on any atom is -0.171 e. The fourth-order valence-electron chi connectivity index (χ4n) is 0.260. The van der Waals surface area contributed by atoms with Gasteiger partial charge in [-0.25, -0.2) is 0 Å². The first kappa shape index (κ1) is 6.47. The van der Waals surface area contributed by atoms with E-state index in [9.17, 15) is 13.2 Å². The number of hydrogen-bond donors (Lipinski definition) is 0. The zero-order valence-corrected chi connectivity index (χ0v) is 4.75. The van der Waals surface area contributed by atoms with Gasteiger partial charge >= 0.3 is 6.18 Å². The van der Waals surface area contributed by atoms with E-state index in [-0.39, 0.29) is 0 Å². The summed E-state index contributed by atoms with van der Waals surface area (Å²) >= 11 is 0.491. The summed E-state index contributed by atoms with van der Waals surface area (Å²) in [7, 11) is 0. The van der Waals surface area contributed by atoms with E-state index in [0.29, 0.717) is 11.7 Å². The molecule has 49 valence electrons. The van der Waals surface area contributed by atoms with Gasteiger partial charge in [-0.15, -0.1) is 0 Å². The van der Waals surface area contributed by atoms with E-state index in [1.807, 2.05) is 0 Å². The lowest BCUT2D eigenvalue weighted by Gasteiger charge is -1.96. The molecule has 0 fully saturated rings. The molecule has 0 atom stereocenters. The van der Waals surface area contributed by atoms with Crippen LogP contribution in [0.1, 0.15) is 5.69 Å². The first-order chi connectivity index (χ1) is 4.11. The first-order valence-electron chi connectivity index (χ1n) is 1.88. The Kier molecular flexibility index (Phi) is 1.40. The predicted octanol–water partition coefficient (Wildman–Crippen LogP) is 1.36. The van der Waals surface area contributed by atoms with E-state index < -0.39 is 11.9 Å². The maximum atomic E-state index is 11.5. The Bertz CT molecular complexity index is 179. The van der Waals surface area contributed by atoms with Crippen molar-refractivity contribution in [3.63, 3.8) is 0 Å². The van der Waals surface area contributed by atoms with Crippen LogP contribution in [0.3, 0.4) is 0 Å². The van der Waals surface area contributed by atoms with Crippen LogP contribution in [0.5, 0.6) is 0 Å². The molecule has 0 aliphatic carbocycles. The minimum absolute atomic E-state index is 0.491. The molecule has 2 nitrogen and oxygen atoms in total. The van der Waals surface area contributed by atoms with Gasteiger partial charge in [0.1, 0.15) is 6.20 Å². The molecular formula is C3F3N2S. The number of rotatable bonds is 0. The van der Waals surface area contributed by atoms with Crippen molar-refractivity contribution in [1.29, 1.82) is 0 Å². The van der Waals surface area contributed by atoms with Gasteiger partial charge in [0.15, 0.2) is 5.69 Å². The van der Waals surface area contributed by atoms with Crippen LogP contribution in [-0.4, -0.2) is 8.75 Å². The molecule has 1 radical (unpaired) electrons. The normalized spacial score (nSPS) is 11.9. The molecule has 0 aliphatic rings. The van der Waals surface area contributed by atoms with E-state index in [4.69, 9.17) is 0 Å². The van der Waals surface area contributed by atoms with Gasteiger partial charge < -0.3 is 0 Å². The highest BCUT2D eigenvalue weighted by molar-refractivity contribution is 6.99. The third-order valence-electron chi connectivity index (χ3n) is 0.593. The van der Waals surface area contributed by atoms with Crippen LogP contribution in [0.15, 0.2) is 0 Å². The van der Waals surface area contributed by atoms with Crippen molar-refractivity contribution in [3.05, 3.63) is 11.9 Å². The van der Waals surface area contributed by atoms with Gasteiger partial charge in [-0.1, -0.05) is 0 Å². The smallest absolute Gasteiger partial charge is 0.171 e. The fourth-order valence-corrected chi connectivity index (χ4v) is 0.655. The van der Waals surface area contributed by atoms with Gasteiger partial charge in [-0.05, 0) is 0 Å². The van der Waals surface area contributed by atoms with Gasteiger partial charge in [0, 0.05) is 0 Å². The second-order valence-corrected chi connectivity index (χ2v) is 1.75. The summed E-state index contributed by atoms with van der Waals surface area (Å²) < 4.78 is 40.5. The average Bonchev–Trinajstić information content (AvgIpc) is 2.08. The summed E-state index contributed by atoms with van der Waals surface area (Å²) in [6.07, 6.45) is -2.69. The van der Waals surface area contributed by atoms with Crippen LogP contribution in [0, 0.1) is 6.20 Å². The summed E-state index contributed by atoms with van der Waals surface area (Å²) in [6, 6.07) is 0. The molecule has 1 rings (SSSR count). The standard InChI is InChI=1S/C3F3N2S/c4-3(5,6)2-1-7-9-8-2. The van der Waals surface area contributed by atoms with Crippen LogP contribution in [0.2, 0.25) is 0 Å². The predicted molar refractivity (Wildman–Crippen MR) is 23.7 cm³/mol. The summed E-state index contributed by atoms with van der Waals surface area (Å²) in [5.74, 6) is 0. The van der Waals surface area contributed by atoms with Gasteiger partial charge in [-0.3, -0.25) is 0 Å². The highest BCUT2D eigenvalue weighted by Gasteiger charge is 2.33. The highest BCUT2D eigenvalue weighted by atomic mass is 32.1. The number of aromatic nitrogens is 2. The molecule has 1 aromatic rings. The van der Waals surface area contributed by atoms with Crippen molar-refractivity contribution in [2.24, 2.45) is 0 Å². The summed E-state index contributed by atoms with van der Waals surface area (Å²) in [6.45, 7) is 0. The van der Waals surface area contributed by atoms with Gasteiger partial charge in [0.25, 0.3) is 0 Å². The molecule has 0 saturated carbocycles. The monoisotopic (exact) mass is 153 g/mol. The zero-order chi connectivity index (χ0) is 6.91. The molecule has 0 unspecified atom stereocenters. The second-order valence-electron chi connectivity index (χ2n) is 1.22. The topological polar surface area (TPSA) is 25.8 Å². The maximum absolute atomic E-state index is 11.5. The molecule has 1 aromatic heterocycles. The summed E-state index contributed by atoms with van der Waals surface area (Å²) in [5.41, 5.74) is -1.05. The van der Waals surface area contributed by atoms with E-state index in [2.05, 4.69) is 8.75 Å². The van der Waals surface area contributed by atoms with Crippen LogP contribution >= 0.6 is 11.7 Å². The molecule has 0 amide bonds. The summed E-state index contributed by atoms with van der Waals surface area (Å²) in [5, 5.41) is 0. The SMILES string of the molecule is FC(F)(F)c1[c]nsn1. The molecule has 0 saturated heterocycles.